The van der Waals surface area contributed by atoms with E-state index in [1.807, 2.05) is 24.3 Å². The van der Waals surface area contributed by atoms with Crippen molar-refractivity contribution in [2.45, 2.75) is 17.7 Å². The van der Waals surface area contributed by atoms with Gasteiger partial charge in [-0.25, -0.2) is 5.43 Å². The Morgan fingerprint density at radius 2 is 2.22 bits per heavy atom. The van der Waals surface area contributed by atoms with Crippen LogP contribution < -0.4 is 15.9 Å². The van der Waals surface area contributed by atoms with Gasteiger partial charge in [-0.05, 0) is 36.2 Å². The number of nitrogens with zero attached hydrogens (tertiary/aromatic N) is 3. The van der Waals surface area contributed by atoms with Crippen molar-refractivity contribution in [3.05, 3.63) is 29.8 Å². The smallest absolute Gasteiger partial charge is 0.250 e. The van der Waals surface area contributed by atoms with Crippen molar-refractivity contribution in [2.75, 3.05) is 18.1 Å². The van der Waals surface area contributed by atoms with Crippen molar-refractivity contribution in [3.8, 4) is 5.75 Å². The molecule has 0 fully saturated rings. The van der Waals surface area contributed by atoms with Gasteiger partial charge in [0.1, 0.15) is 5.75 Å². The van der Waals surface area contributed by atoms with Crippen LogP contribution >= 0.6 is 23.1 Å². The third kappa shape index (κ3) is 6.25. The molecule has 1 heterocycles. The summed E-state index contributed by atoms with van der Waals surface area (Å²) in [5, 5.41) is 11.8. The SMILES string of the molecule is CCCOc1ccc(C=NNC(=O)CSc2nnc(N)s2)cc1. The summed E-state index contributed by atoms with van der Waals surface area (Å²) in [5.74, 6) is 0.805. The number of benzene rings is 1. The van der Waals surface area contributed by atoms with Crippen molar-refractivity contribution in [1.82, 2.24) is 15.6 Å². The number of rotatable bonds is 8. The lowest BCUT2D eigenvalue weighted by Crippen LogP contribution is -2.19. The summed E-state index contributed by atoms with van der Waals surface area (Å²) in [6.45, 7) is 2.75. The molecule has 2 aromatic rings. The second-order valence-electron chi connectivity index (χ2n) is 4.41. The van der Waals surface area contributed by atoms with Gasteiger partial charge in [0.25, 0.3) is 5.91 Å². The topological polar surface area (TPSA) is 102 Å². The van der Waals surface area contributed by atoms with Crippen LogP contribution in [0.2, 0.25) is 0 Å². The third-order valence-corrected chi connectivity index (χ3v) is 4.39. The average molecular weight is 351 g/mol. The fourth-order valence-corrected chi connectivity index (χ4v) is 2.92. The van der Waals surface area contributed by atoms with Crippen LogP contribution in [-0.2, 0) is 4.79 Å². The van der Waals surface area contributed by atoms with Crippen molar-refractivity contribution < 1.29 is 9.53 Å². The van der Waals surface area contributed by atoms with E-state index in [-0.39, 0.29) is 11.7 Å². The van der Waals surface area contributed by atoms with E-state index in [9.17, 15) is 4.79 Å². The highest BCUT2D eigenvalue weighted by Gasteiger charge is 2.05. The number of aromatic nitrogens is 2. The summed E-state index contributed by atoms with van der Waals surface area (Å²) in [4.78, 5) is 11.6. The summed E-state index contributed by atoms with van der Waals surface area (Å²) >= 11 is 2.51. The molecule has 0 unspecified atom stereocenters. The van der Waals surface area contributed by atoms with Crippen LogP contribution in [0.25, 0.3) is 0 Å². The Morgan fingerprint density at radius 3 is 2.87 bits per heavy atom. The number of thioether (sulfide) groups is 1. The van der Waals surface area contributed by atoms with Crippen LogP contribution in [-0.4, -0.2) is 34.7 Å². The molecule has 122 valence electrons. The van der Waals surface area contributed by atoms with Gasteiger partial charge in [0.15, 0.2) is 4.34 Å². The summed E-state index contributed by atoms with van der Waals surface area (Å²) in [6, 6.07) is 7.49. The lowest BCUT2D eigenvalue weighted by Gasteiger charge is -2.03. The van der Waals surface area contributed by atoms with Crippen LogP contribution in [0.15, 0.2) is 33.7 Å². The second kappa shape index (κ2) is 9.11. The highest BCUT2D eigenvalue weighted by Crippen LogP contribution is 2.22. The molecular weight excluding hydrogens is 334 g/mol. The summed E-state index contributed by atoms with van der Waals surface area (Å²) < 4.78 is 6.15. The molecule has 0 saturated carbocycles. The van der Waals surface area contributed by atoms with E-state index in [1.165, 1.54) is 23.1 Å². The monoisotopic (exact) mass is 351 g/mol. The number of ether oxygens (including phenoxy) is 1. The number of nitrogen functional groups attached to an aromatic ring is 1. The summed E-state index contributed by atoms with van der Waals surface area (Å²) in [5.41, 5.74) is 8.80. The minimum absolute atomic E-state index is 0.204. The zero-order valence-corrected chi connectivity index (χ0v) is 14.2. The first-order valence-electron chi connectivity index (χ1n) is 6.94. The van der Waals surface area contributed by atoms with Gasteiger partial charge in [0.05, 0.1) is 18.6 Å². The van der Waals surface area contributed by atoms with E-state index < -0.39 is 0 Å². The fourth-order valence-electron chi connectivity index (χ4n) is 1.49. The Kier molecular flexibility index (Phi) is 6.82. The van der Waals surface area contributed by atoms with Crippen LogP contribution in [0.5, 0.6) is 5.75 Å². The van der Waals surface area contributed by atoms with Gasteiger partial charge in [-0.15, -0.1) is 10.2 Å². The highest BCUT2D eigenvalue weighted by molar-refractivity contribution is 8.01. The number of carbonyl (C=O) groups excluding carboxylic acids is 1. The van der Waals surface area contributed by atoms with E-state index in [1.54, 1.807) is 6.21 Å². The summed E-state index contributed by atoms with van der Waals surface area (Å²) in [6.07, 6.45) is 2.55. The van der Waals surface area contributed by atoms with Crippen molar-refractivity contribution in [1.29, 1.82) is 0 Å². The van der Waals surface area contributed by atoms with Crippen molar-refractivity contribution in [3.63, 3.8) is 0 Å². The van der Waals surface area contributed by atoms with Gasteiger partial charge in [0, 0.05) is 0 Å². The van der Waals surface area contributed by atoms with E-state index in [0.29, 0.717) is 16.1 Å². The van der Waals surface area contributed by atoms with E-state index in [2.05, 4.69) is 27.6 Å². The summed E-state index contributed by atoms with van der Waals surface area (Å²) in [7, 11) is 0. The lowest BCUT2D eigenvalue weighted by molar-refractivity contribution is -0.118. The first kappa shape index (κ1) is 17.2. The number of hydrazone groups is 1. The molecule has 1 aromatic carbocycles. The molecule has 9 heteroatoms. The maximum Gasteiger partial charge on any atom is 0.250 e. The van der Waals surface area contributed by atoms with E-state index in [0.717, 1.165) is 17.7 Å². The first-order valence-corrected chi connectivity index (χ1v) is 8.74. The molecule has 0 aliphatic rings. The minimum Gasteiger partial charge on any atom is -0.494 e. The Hall–Kier alpha value is -2.13. The Morgan fingerprint density at radius 1 is 1.43 bits per heavy atom. The number of nitrogens with one attached hydrogen (secondary N) is 1. The average Bonchev–Trinajstić information content (AvgIpc) is 2.98. The molecule has 2 rings (SSSR count). The number of amides is 1. The Labute approximate surface area is 142 Å². The van der Waals surface area contributed by atoms with Crippen LogP contribution in [0, 0.1) is 0 Å². The maximum atomic E-state index is 11.6. The normalized spacial score (nSPS) is 10.8. The maximum absolute atomic E-state index is 11.6. The number of hydrogen-bond donors (Lipinski definition) is 2. The molecule has 23 heavy (non-hydrogen) atoms. The zero-order valence-electron chi connectivity index (χ0n) is 12.6. The van der Waals surface area contributed by atoms with Gasteiger partial charge >= 0.3 is 0 Å². The molecule has 3 N–H and O–H groups in total. The van der Waals surface area contributed by atoms with Gasteiger partial charge in [-0.1, -0.05) is 30.0 Å². The number of anilines is 1. The van der Waals surface area contributed by atoms with Crippen molar-refractivity contribution >= 4 is 40.4 Å². The molecule has 0 atom stereocenters. The quantitative estimate of drug-likeness (QED) is 0.429. The Balaban J connectivity index is 1.73. The molecule has 0 bridgehead atoms. The molecule has 0 aliphatic carbocycles. The van der Waals surface area contributed by atoms with Crippen LogP contribution in [0.4, 0.5) is 5.13 Å². The predicted octanol–water partition coefficient (Wildman–Crippen LogP) is 2.15. The van der Waals surface area contributed by atoms with Crippen molar-refractivity contribution in [2.24, 2.45) is 5.10 Å². The Bertz CT molecular complexity index is 657. The zero-order chi connectivity index (χ0) is 16.5. The molecule has 7 nitrogen and oxygen atoms in total. The molecule has 1 amide bonds. The predicted molar refractivity (Wildman–Crippen MR) is 93.0 cm³/mol. The van der Waals surface area contributed by atoms with Crippen LogP contribution in [0.3, 0.4) is 0 Å². The van der Waals surface area contributed by atoms with Gasteiger partial charge in [0.2, 0.25) is 5.13 Å². The molecule has 0 spiro atoms. The van der Waals surface area contributed by atoms with Gasteiger partial charge in [-0.3, -0.25) is 4.79 Å². The highest BCUT2D eigenvalue weighted by atomic mass is 32.2. The standard InChI is InChI=1S/C14H17N5O2S2/c1-2-7-21-11-5-3-10(4-6-11)8-16-17-12(20)9-22-14-19-18-13(15)23-14/h3-6,8H,2,7,9H2,1H3,(H2,15,18)(H,17,20). The molecule has 0 saturated heterocycles. The minimum atomic E-state index is -0.220. The lowest BCUT2D eigenvalue weighted by atomic mass is 10.2. The second-order valence-corrected chi connectivity index (χ2v) is 6.64. The number of carbonyl (C=O) groups is 1. The fraction of sp³-hybridized carbons (Fsp3) is 0.286. The first-order chi connectivity index (χ1) is 11.2. The number of hydrogen-bond acceptors (Lipinski definition) is 8. The van der Waals surface area contributed by atoms with Gasteiger partial charge in [-0.2, -0.15) is 5.10 Å². The van der Waals surface area contributed by atoms with E-state index in [4.69, 9.17) is 10.5 Å². The van der Waals surface area contributed by atoms with E-state index >= 15 is 0 Å². The van der Waals surface area contributed by atoms with Gasteiger partial charge < -0.3 is 10.5 Å². The third-order valence-electron chi connectivity index (χ3n) is 2.50. The molecule has 1 aromatic heterocycles. The molecule has 0 aliphatic heterocycles. The number of nitrogens with two attached hydrogens (primary N) is 1. The molecule has 0 radical (unpaired) electrons. The largest absolute Gasteiger partial charge is 0.494 e. The van der Waals surface area contributed by atoms with Crippen LogP contribution in [0.1, 0.15) is 18.9 Å². The molecular formula is C14H17N5O2S2.